The van der Waals surface area contributed by atoms with Crippen LogP contribution < -0.4 is 0 Å². The van der Waals surface area contributed by atoms with Crippen molar-refractivity contribution in [1.82, 2.24) is 9.99 Å². The minimum Gasteiger partial charge on any atom is -0.481 e. The Kier molecular flexibility index (Phi) is 6.84. The number of hydrazone groups is 1. The summed E-state index contributed by atoms with van der Waals surface area (Å²) in [5.74, 6) is -1.99. The zero-order chi connectivity index (χ0) is 26.1. The lowest BCUT2D eigenvalue weighted by atomic mass is 9.89. The van der Waals surface area contributed by atoms with Crippen LogP contribution in [-0.4, -0.2) is 32.7 Å². The van der Waals surface area contributed by atoms with Crippen molar-refractivity contribution < 1.29 is 19.1 Å². The third-order valence-electron chi connectivity index (χ3n) is 6.46. The summed E-state index contributed by atoms with van der Waals surface area (Å²) in [5, 5.41) is 16.0. The van der Waals surface area contributed by atoms with Gasteiger partial charge < -0.3 is 5.11 Å². The van der Waals surface area contributed by atoms with E-state index in [1.54, 1.807) is 18.2 Å². The van der Waals surface area contributed by atoms with E-state index in [1.807, 2.05) is 55.5 Å². The van der Waals surface area contributed by atoms with E-state index in [4.69, 9.17) is 15.2 Å². The largest absolute Gasteiger partial charge is 0.481 e. The second-order valence-corrected chi connectivity index (χ2v) is 9.81. The van der Waals surface area contributed by atoms with Crippen LogP contribution in [0.2, 0.25) is 0 Å². The second kappa shape index (κ2) is 10.2. The number of hydrogen-bond donors (Lipinski definition) is 1. The SMILES string of the molecule is Cc1nc2ccc(Br)cc2c(-c2ccccc2)c1C1=NN(C(=O)CCC(=O)O)C(c2ccccc2F)C1. The van der Waals surface area contributed by atoms with Crippen LogP contribution in [0, 0.1) is 12.7 Å². The van der Waals surface area contributed by atoms with Crippen LogP contribution in [0.4, 0.5) is 4.39 Å². The topological polar surface area (TPSA) is 82.9 Å². The summed E-state index contributed by atoms with van der Waals surface area (Å²) in [6.07, 6.45) is -0.295. The highest BCUT2D eigenvalue weighted by Gasteiger charge is 2.36. The lowest BCUT2D eigenvalue weighted by molar-refractivity contribution is -0.141. The van der Waals surface area contributed by atoms with Crippen molar-refractivity contribution in [3.05, 3.63) is 99.9 Å². The number of aromatic nitrogens is 1. The molecule has 1 aromatic heterocycles. The molecule has 1 aliphatic rings. The number of fused-ring (bicyclic) bond motifs is 1. The van der Waals surface area contributed by atoms with Gasteiger partial charge in [-0.2, -0.15) is 5.10 Å². The number of carbonyl (C=O) groups excluding carboxylic acids is 1. The maximum atomic E-state index is 14.9. The van der Waals surface area contributed by atoms with Gasteiger partial charge in [0.05, 0.1) is 23.7 Å². The van der Waals surface area contributed by atoms with E-state index < -0.39 is 23.7 Å². The Morgan fingerprint density at radius 1 is 1.03 bits per heavy atom. The van der Waals surface area contributed by atoms with Crippen LogP contribution >= 0.6 is 15.9 Å². The Hall–Kier alpha value is -3.91. The van der Waals surface area contributed by atoms with E-state index in [0.29, 0.717) is 11.3 Å². The Labute approximate surface area is 221 Å². The van der Waals surface area contributed by atoms with Crippen LogP contribution in [-0.2, 0) is 9.59 Å². The standard InChI is InChI=1S/C29H23BrFN3O3/c1-17-28(29(18-7-3-2-4-8-18)21-15-19(30)11-12-23(21)32-17)24-16-25(20-9-5-6-10-22(20)31)34(33-24)26(35)13-14-27(36)37/h2-12,15,25H,13-14,16H2,1H3,(H,36,37). The molecule has 0 saturated carbocycles. The smallest absolute Gasteiger partial charge is 0.303 e. The van der Waals surface area contributed by atoms with Crippen molar-refractivity contribution in [2.45, 2.75) is 32.2 Å². The fourth-order valence-electron chi connectivity index (χ4n) is 4.82. The van der Waals surface area contributed by atoms with Crippen molar-refractivity contribution in [3.8, 4) is 11.1 Å². The molecule has 6 nitrogen and oxygen atoms in total. The molecule has 0 radical (unpaired) electrons. The zero-order valence-corrected chi connectivity index (χ0v) is 21.6. The molecule has 1 amide bonds. The predicted molar refractivity (Wildman–Crippen MR) is 144 cm³/mol. The van der Waals surface area contributed by atoms with Gasteiger partial charge in [0, 0.05) is 45.1 Å². The summed E-state index contributed by atoms with van der Waals surface area (Å²) in [7, 11) is 0. The molecule has 1 atom stereocenters. The molecule has 1 N–H and O–H groups in total. The van der Waals surface area contributed by atoms with Gasteiger partial charge in [0.15, 0.2) is 0 Å². The van der Waals surface area contributed by atoms with Crippen molar-refractivity contribution >= 4 is 44.4 Å². The van der Waals surface area contributed by atoms with Crippen molar-refractivity contribution in [2.24, 2.45) is 5.10 Å². The van der Waals surface area contributed by atoms with Crippen molar-refractivity contribution in [2.75, 3.05) is 0 Å². The van der Waals surface area contributed by atoms with Gasteiger partial charge in [-0.15, -0.1) is 0 Å². The number of carboxylic acids is 1. The maximum Gasteiger partial charge on any atom is 0.303 e. The van der Waals surface area contributed by atoms with Gasteiger partial charge in [0.25, 0.3) is 0 Å². The van der Waals surface area contributed by atoms with Gasteiger partial charge in [-0.1, -0.05) is 64.5 Å². The highest BCUT2D eigenvalue weighted by molar-refractivity contribution is 9.10. The molecule has 4 aromatic rings. The average molecular weight is 560 g/mol. The molecule has 3 aromatic carbocycles. The van der Waals surface area contributed by atoms with E-state index in [9.17, 15) is 14.0 Å². The summed E-state index contributed by atoms with van der Waals surface area (Å²) in [6.45, 7) is 1.90. The highest BCUT2D eigenvalue weighted by atomic mass is 79.9. The van der Waals surface area contributed by atoms with E-state index >= 15 is 0 Å². The summed E-state index contributed by atoms with van der Waals surface area (Å²) >= 11 is 3.57. The van der Waals surface area contributed by atoms with Gasteiger partial charge in [-0.3, -0.25) is 14.6 Å². The van der Waals surface area contributed by atoms with Gasteiger partial charge in [0.2, 0.25) is 5.91 Å². The van der Waals surface area contributed by atoms with Crippen LogP contribution in [0.5, 0.6) is 0 Å². The number of hydrogen-bond acceptors (Lipinski definition) is 4. The predicted octanol–water partition coefficient (Wildman–Crippen LogP) is 6.65. The van der Waals surface area contributed by atoms with Crippen LogP contribution in [0.25, 0.3) is 22.0 Å². The molecule has 0 bridgehead atoms. The van der Waals surface area contributed by atoms with E-state index in [2.05, 4.69) is 15.9 Å². The number of carboxylic acid groups (broad SMARTS) is 1. The third-order valence-corrected chi connectivity index (χ3v) is 6.96. The summed E-state index contributed by atoms with van der Waals surface area (Å²) < 4.78 is 15.8. The normalized spacial score (nSPS) is 15.2. The Balaban J connectivity index is 1.70. The van der Waals surface area contributed by atoms with E-state index in [-0.39, 0.29) is 19.3 Å². The van der Waals surface area contributed by atoms with Crippen molar-refractivity contribution in [1.29, 1.82) is 0 Å². The van der Waals surface area contributed by atoms with Crippen LogP contribution in [0.3, 0.4) is 0 Å². The van der Waals surface area contributed by atoms with E-state index in [1.165, 1.54) is 11.1 Å². The average Bonchev–Trinajstić information content (AvgIpc) is 3.32. The molecule has 0 spiro atoms. The number of aliphatic carboxylic acids is 1. The number of halogens is 2. The number of benzene rings is 3. The minimum atomic E-state index is -1.08. The monoisotopic (exact) mass is 559 g/mol. The summed E-state index contributed by atoms with van der Waals surface area (Å²) in [6, 6.07) is 21.4. The third kappa shape index (κ3) is 4.89. The lowest BCUT2D eigenvalue weighted by Crippen LogP contribution is -2.28. The summed E-state index contributed by atoms with van der Waals surface area (Å²) in [4.78, 5) is 29.1. The van der Waals surface area contributed by atoms with E-state index in [0.717, 1.165) is 37.8 Å². The zero-order valence-electron chi connectivity index (χ0n) is 20.0. The van der Waals surface area contributed by atoms with Gasteiger partial charge in [-0.25, -0.2) is 9.40 Å². The first-order valence-corrected chi connectivity index (χ1v) is 12.6. The molecule has 0 fully saturated rings. The first-order chi connectivity index (χ1) is 17.8. The first-order valence-electron chi connectivity index (χ1n) is 11.8. The summed E-state index contributed by atoms with van der Waals surface area (Å²) in [5.41, 5.74) is 5.17. The molecule has 37 heavy (non-hydrogen) atoms. The number of aryl methyl sites for hydroxylation is 1. The highest BCUT2D eigenvalue weighted by Crippen LogP contribution is 2.40. The molecule has 2 heterocycles. The minimum absolute atomic E-state index is 0.232. The second-order valence-electron chi connectivity index (χ2n) is 8.89. The number of carbonyl (C=O) groups is 2. The molecule has 1 unspecified atom stereocenters. The Morgan fingerprint density at radius 2 is 1.76 bits per heavy atom. The molecule has 0 saturated heterocycles. The number of pyridine rings is 1. The van der Waals surface area contributed by atoms with Crippen LogP contribution in [0.15, 0.2) is 82.4 Å². The number of amides is 1. The first kappa shape index (κ1) is 24.8. The molecule has 1 aliphatic heterocycles. The van der Waals surface area contributed by atoms with Gasteiger partial charge >= 0.3 is 5.97 Å². The molecular formula is C29H23BrFN3O3. The van der Waals surface area contributed by atoms with Crippen LogP contribution in [0.1, 0.15) is 42.1 Å². The van der Waals surface area contributed by atoms with Crippen molar-refractivity contribution in [3.63, 3.8) is 0 Å². The Morgan fingerprint density at radius 3 is 2.49 bits per heavy atom. The Bertz CT molecular complexity index is 1560. The molecule has 186 valence electrons. The molecule has 8 heteroatoms. The maximum absolute atomic E-state index is 14.9. The molecule has 0 aliphatic carbocycles. The van der Waals surface area contributed by atoms with Gasteiger partial charge in [-0.05, 0) is 36.8 Å². The fourth-order valence-corrected chi connectivity index (χ4v) is 5.18. The number of rotatable bonds is 6. The molecule has 5 rings (SSSR count). The van der Waals surface area contributed by atoms with Gasteiger partial charge in [0.1, 0.15) is 5.82 Å². The fraction of sp³-hybridized carbons (Fsp3) is 0.172. The number of nitrogens with zero attached hydrogens (tertiary/aromatic N) is 3. The molecular weight excluding hydrogens is 537 g/mol. The lowest BCUT2D eigenvalue weighted by Gasteiger charge is -2.22. The quantitative estimate of drug-likeness (QED) is 0.286.